The van der Waals surface area contributed by atoms with Crippen LogP contribution in [0, 0.1) is 0 Å². The van der Waals surface area contributed by atoms with Gasteiger partial charge in [0.25, 0.3) is 0 Å². The van der Waals surface area contributed by atoms with Crippen LogP contribution in [0.4, 0.5) is 0 Å². The third kappa shape index (κ3) is 3.49. The van der Waals surface area contributed by atoms with Gasteiger partial charge in [-0.25, -0.2) is 9.97 Å². The Kier molecular flexibility index (Phi) is 4.75. The third-order valence-electron chi connectivity index (χ3n) is 8.05. The number of rotatable bonds is 4. The Hall–Kier alpha value is -3.94. The largest absolute Gasteiger partial charge is 0.455 e. The number of furan rings is 1. The van der Waals surface area contributed by atoms with Crippen molar-refractivity contribution < 1.29 is 4.42 Å². The topological polar surface area (TPSA) is 94.6 Å². The van der Waals surface area contributed by atoms with Crippen LogP contribution in [0.1, 0.15) is 49.4 Å². The van der Waals surface area contributed by atoms with Gasteiger partial charge in [0.1, 0.15) is 22.8 Å². The van der Waals surface area contributed by atoms with Gasteiger partial charge in [0, 0.05) is 27.3 Å². The maximum Gasteiger partial charge on any atom is 0.143 e. The van der Waals surface area contributed by atoms with E-state index in [0.717, 1.165) is 92.8 Å². The zero-order valence-corrected chi connectivity index (χ0v) is 20.5. The number of benzene rings is 3. The molecule has 2 aliphatic rings. The fourth-order valence-corrected chi connectivity index (χ4v) is 6.05. The summed E-state index contributed by atoms with van der Waals surface area (Å²) >= 11 is 0. The van der Waals surface area contributed by atoms with Crippen molar-refractivity contribution in [1.82, 2.24) is 30.6 Å². The van der Waals surface area contributed by atoms with Crippen molar-refractivity contribution >= 4 is 32.7 Å². The molecule has 0 unspecified atom stereocenters. The van der Waals surface area contributed by atoms with Crippen LogP contribution in [0.25, 0.3) is 55.2 Å². The van der Waals surface area contributed by atoms with Gasteiger partial charge in [-0.2, -0.15) is 0 Å². The normalized spacial score (nSPS) is 20.1. The molecule has 2 aliphatic heterocycles. The minimum atomic E-state index is 0.330. The Morgan fingerprint density at radius 1 is 0.676 bits per heavy atom. The fourth-order valence-electron chi connectivity index (χ4n) is 6.05. The predicted octanol–water partition coefficient (Wildman–Crippen LogP) is 6.37. The van der Waals surface area contributed by atoms with Crippen molar-refractivity contribution in [1.29, 1.82) is 0 Å². The second-order valence-corrected chi connectivity index (χ2v) is 10.4. The highest BCUT2D eigenvalue weighted by molar-refractivity contribution is 6.15. The monoisotopic (exact) mass is 488 g/mol. The Labute approximate surface area is 213 Å². The van der Waals surface area contributed by atoms with Crippen LogP contribution in [0.2, 0.25) is 0 Å². The number of hydrogen-bond acceptors (Lipinski definition) is 5. The van der Waals surface area contributed by atoms with E-state index in [0.29, 0.717) is 12.1 Å². The summed E-state index contributed by atoms with van der Waals surface area (Å²) in [6.45, 7) is 2.12. The first-order chi connectivity index (χ1) is 18.3. The third-order valence-corrected chi connectivity index (χ3v) is 8.05. The Balaban J connectivity index is 1.16. The van der Waals surface area contributed by atoms with Crippen LogP contribution in [0.5, 0.6) is 0 Å². The first kappa shape index (κ1) is 21.2. The molecule has 2 atom stereocenters. The number of aromatic amines is 2. The van der Waals surface area contributed by atoms with E-state index in [1.54, 1.807) is 0 Å². The highest BCUT2D eigenvalue weighted by Gasteiger charge is 2.21. The molecule has 5 heterocycles. The molecule has 3 aromatic carbocycles. The average molecular weight is 489 g/mol. The smallest absolute Gasteiger partial charge is 0.143 e. The number of aromatic nitrogens is 4. The molecule has 0 amide bonds. The Bertz CT molecular complexity index is 1760. The predicted molar refractivity (Wildman–Crippen MR) is 146 cm³/mol. The molecule has 4 N–H and O–H groups in total. The van der Waals surface area contributed by atoms with Crippen molar-refractivity contribution in [2.75, 3.05) is 13.1 Å². The molecule has 6 aromatic rings. The first-order valence-electron chi connectivity index (χ1n) is 13.3. The molecule has 0 spiro atoms. The average Bonchev–Trinajstić information content (AvgIpc) is 3.76. The number of imidazole rings is 2. The van der Waals surface area contributed by atoms with Gasteiger partial charge in [-0.1, -0.05) is 12.1 Å². The summed E-state index contributed by atoms with van der Waals surface area (Å²) in [6, 6.07) is 18.0. The van der Waals surface area contributed by atoms with Crippen LogP contribution in [0.15, 0.2) is 65.3 Å². The lowest BCUT2D eigenvalue weighted by atomic mass is 10.0. The molecule has 37 heavy (non-hydrogen) atoms. The van der Waals surface area contributed by atoms with Crippen molar-refractivity contribution in [3.63, 3.8) is 0 Å². The second kappa shape index (κ2) is 8.30. The van der Waals surface area contributed by atoms with Gasteiger partial charge in [0.15, 0.2) is 0 Å². The molecule has 0 radical (unpaired) electrons. The van der Waals surface area contributed by atoms with E-state index in [9.17, 15) is 0 Å². The minimum Gasteiger partial charge on any atom is -0.455 e. The molecule has 0 aliphatic carbocycles. The van der Waals surface area contributed by atoms with Crippen LogP contribution in [-0.4, -0.2) is 33.0 Å². The molecule has 7 heteroatoms. The second-order valence-electron chi connectivity index (χ2n) is 10.4. The molecule has 7 nitrogen and oxygen atoms in total. The van der Waals surface area contributed by atoms with E-state index in [4.69, 9.17) is 4.42 Å². The van der Waals surface area contributed by atoms with Gasteiger partial charge in [-0.3, -0.25) is 0 Å². The number of nitrogens with zero attached hydrogens (tertiary/aromatic N) is 2. The maximum atomic E-state index is 6.40. The maximum absolute atomic E-state index is 6.40. The van der Waals surface area contributed by atoms with Gasteiger partial charge >= 0.3 is 0 Å². The lowest BCUT2D eigenvalue weighted by Crippen LogP contribution is -2.14. The summed E-state index contributed by atoms with van der Waals surface area (Å²) in [5.41, 5.74) is 6.17. The number of hydrogen-bond donors (Lipinski definition) is 4. The Morgan fingerprint density at radius 2 is 1.32 bits per heavy atom. The summed E-state index contributed by atoms with van der Waals surface area (Å²) in [6.07, 6.45) is 8.55. The van der Waals surface area contributed by atoms with E-state index < -0.39 is 0 Å². The van der Waals surface area contributed by atoms with Gasteiger partial charge in [-0.05, 0) is 80.6 Å². The summed E-state index contributed by atoms with van der Waals surface area (Å²) in [5.74, 6) is 2.05. The molecular formula is C30H28N6O. The van der Waals surface area contributed by atoms with Crippen molar-refractivity contribution in [2.45, 2.75) is 37.8 Å². The quantitative estimate of drug-likeness (QED) is 0.231. The lowest BCUT2D eigenvalue weighted by molar-refractivity contribution is 0.613. The van der Waals surface area contributed by atoms with Crippen molar-refractivity contribution in [2.24, 2.45) is 0 Å². The van der Waals surface area contributed by atoms with Crippen LogP contribution < -0.4 is 10.6 Å². The molecule has 2 saturated heterocycles. The van der Waals surface area contributed by atoms with Gasteiger partial charge in [0.05, 0.1) is 35.9 Å². The molecule has 8 rings (SSSR count). The Morgan fingerprint density at radius 3 is 2.00 bits per heavy atom. The van der Waals surface area contributed by atoms with Gasteiger partial charge < -0.3 is 25.0 Å². The van der Waals surface area contributed by atoms with Crippen LogP contribution in [-0.2, 0) is 0 Å². The number of H-pyrrole nitrogens is 2. The van der Waals surface area contributed by atoms with Gasteiger partial charge in [-0.15, -0.1) is 0 Å². The standard InChI is InChI=1S/C30H28N6O/c1-3-23(31-11-1)29-33-15-25(35-29)18-6-8-20-17(13-18)5-9-21-22-14-19(7-10-27(22)37-28(20)21)26-16-34-30(36-26)24-4-2-12-32-24/h5-10,13-16,23-24,31-32H,1-4,11-12H2,(H,33,35)(H,34,36)/t23-,24-/m0/s1. The van der Waals surface area contributed by atoms with E-state index >= 15 is 0 Å². The zero-order chi connectivity index (χ0) is 24.3. The molecule has 184 valence electrons. The van der Waals surface area contributed by atoms with Crippen molar-refractivity contribution in [3.8, 4) is 22.5 Å². The fraction of sp³-hybridized carbons (Fsp3) is 0.267. The van der Waals surface area contributed by atoms with E-state index in [2.05, 4.69) is 79.1 Å². The molecule has 0 saturated carbocycles. The van der Waals surface area contributed by atoms with E-state index in [1.165, 1.54) is 12.8 Å². The summed E-state index contributed by atoms with van der Waals surface area (Å²) in [4.78, 5) is 16.4. The zero-order valence-electron chi connectivity index (χ0n) is 20.5. The lowest BCUT2D eigenvalue weighted by Gasteiger charge is -2.06. The number of fused-ring (bicyclic) bond motifs is 5. The molecule has 0 bridgehead atoms. The molecular weight excluding hydrogens is 460 g/mol. The summed E-state index contributed by atoms with van der Waals surface area (Å²) in [5, 5.41) is 11.6. The van der Waals surface area contributed by atoms with Crippen molar-refractivity contribution in [3.05, 3.63) is 72.6 Å². The molecule has 2 fully saturated rings. The van der Waals surface area contributed by atoms with Gasteiger partial charge in [0.2, 0.25) is 0 Å². The summed E-state index contributed by atoms with van der Waals surface area (Å²) in [7, 11) is 0. The highest BCUT2D eigenvalue weighted by atomic mass is 16.3. The molecule has 3 aromatic heterocycles. The highest BCUT2D eigenvalue weighted by Crippen LogP contribution is 2.37. The first-order valence-corrected chi connectivity index (χ1v) is 13.3. The number of nitrogens with one attached hydrogen (secondary N) is 4. The summed E-state index contributed by atoms with van der Waals surface area (Å²) < 4.78 is 6.40. The van der Waals surface area contributed by atoms with Crippen LogP contribution >= 0.6 is 0 Å². The van der Waals surface area contributed by atoms with Crippen LogP contribution in [0.3, 0.4) is 0 Å². The van der Waals surface area contributed by atoms with E-state index in [1.807, 2.05) is 12.4 Å². The SMILES string of the molecule is c1cc2c(ccc3c4cc(-c5cnc([C@@H]6CCCN6)[nH]5)ccc4oc23)cc1-c1cnc([C@@H]2CCCN2)[nH]1. The minimum absolute atomic E-state index is 0.330. The van der Waals surface area contributed by atoms with E-state index in [-0.39, 0.29) is 0 Å².